The van der Waals surface area contributed by atoms with Crippen LogP contribution in [0.4, 0.5) is 0 Å². The van der Waals surface area contributed by atoms with Gasteiger partial charge in [0.15, 0.2) is 0 Å². The summed E-state index contributed by atoms with van der Waals surface area (Å²) in [5, 5.41) is 7.95. The molecule has 3 rings (SSSR count). The number of nitrogens with one attached hydrogen (secondary N) is 1. The number of aromatic nitrogens is 4. The van der Waals surface area contributed by atoms with Gasteiger partial charge in [0.2, 0.25) is 0 Å². The summed E-state index contributed by atoms with van der Waals surface area (Å²) in [6, 6.07) is 0.520. The Hall–Kier alpha value is -1.62. The molecule has 5 heteroatoms. The average Bonchev–Trinajstić information content (AvgIpc) is 3.08. The zero-order valence-corrected chi connectivity index (χ0v) is 12.5. The standard InChI is InChI=1S/C15H23N5/c1-15(2,3)14-9-17-11-19(14)13-8-18-20(10-13)12-4-6-16-7-5-12/h8-12,16H,4-7H2,1-3H3. The summed E-state index contributed by atoms with van der Waals surface area (Å²) < 4.78 is 4.26. The van der Waals surface area contributed by atoms with Crippen LogP contribution < -0.4 is 5.32 Å². The van der Waals surface area contributed by atoms with E-state index in [0.29, 0.717) is 6.04 Å². The van der Waals surface area contributed by atoms with Crippen molar-refractivity contribution in [1.29, 1.82) is 0 Å². The van der Waals surface area contributed by atoms with Crippen molar-refractivity contribution < 1.29 is 0 Å². The van der Waals surface area contributed by atoms with E-state index in [4.69, 9.17) is 0 Å². The fourth-order valence-electron chi connectivity index (χ4n) is 2.78. The van der Waals surface area contributed by atoms with Gasteiger partial charge in [-0.25, -0.2) is 4.98 Å². The normalized spacial score (nSPS) is 17.6. The Bertz CT molecular complexity index is 569. The third-order valence-electron chi connectivity index (χ3n) is 3.96. The predicted molar refractivity (Wildman–Crippen MR) is 79.2 cm³/mol. The van der Waals surface area contributed by atoms with Gasteiger partial charge in [-0.05, 0) is 25.9 Å². The molecule has 0 amide bonds. The number of rotatable bonds is 2. The van der Waals surface area contributed by atoms with E-state index >= 15 is 0 Å². The lowest BCUT2D eigenvalue weighted by atomic mass is 9.92. The lowest BCUT2D eigenvalue weighted by molar-refractivity contribution is 0.343. The van der Waals surface area contributed by atoms with Crippen LogP contribution in [-0.2, 0) is 5.41 Å². The van der Waals surface area contributed by atoms with E-state index < -0.39 is 0 Å². The zero-order chi connectivity index (χ0) is 14.2. The first-order chi connectivity index (χ1) is 9.55. The van der Waals surface area contributed by atoms with Crippen LogP contribution in [0, 0.1) is 0 Å². The fraction of sp³-hybridized carbons (Fsp3) is 0.600. The van der Waals surface area contributed by atoms with Gasteiger partial charge in [-0.2, -0.15) is 5.10 Å². The molecule has 1 aliphatic rings. The summed E-state index contributed by atoms with van der Waals surface area (Å²) in [5.41, 5.74) is 2.39. The quantitative estimate of drug-likeness (QED) is 0.913. The minimum Gasteiger partial charge on any atom is -0.317 e. The maximum Gasteiger partial charge on any atom is 0.0995 e. The molecule has 20 heavy (non-hydrogen) atoms. The molecule has 108 valence electrons. The lowest BCUT2D eigenvalue weighted by Crippen LogP contribution is -2.29. The molecule has 2 aromatic heterocycles. The Kier molecular flexibility index (Phi) is 3.38. The molecular formula is C15H23N5. The summed E-state index contributed by atoms with van der Waals surface area (Å²) in [6.07, 6.45) is 10.2. The van der Waals surface area contributed by atoms with Crippen LogP contribution in [0.1, 0.15) is 45.3 Å². The summed E-state index contributed by atoms with van der Waals surface area (Å²) >= 11 is 0. The van der Waals surface area contributed by atoms with Gasteiger partial charge in [-0.3, -0.25) is 9.25 Å². The van der Waals surface area contributed by atoms with Gasteiger partial charge in [0.25, 0.3) is 0 Å². The van der Waals surface area contributed by atoms with Crippen LogP contribution in [0.2, 0.25) is 0 Å². The Balaban J connectivity index is 1.88. The number of nitrogens with zero attached hydrogens (tertiary/aromatic N) is 4. The van der Waals surface area contributed by atoms with Crippen LogP contribution in [0.15, 0.2) is 24.9 Å². The Labute approximate surface area is 120 Å². The molecule has 1 fully saturated rings. The average molecular weight is 273 g/mol. The van der Waals surface area contributed by atoms with E-state index in [-0.39, 0.29) is 5.41 Å². The Morgan fingerprint density at radius 2 is 1.95 bits per heavy atom. The van der Waals surface area contributed by atoms with Crippen LogP contribution in [0.25, 0.3) is 5.69 Å². The SMILES string of the molecule is CC(C)(C)c1cncn1-c1cnn(C2CCNCC2)c1. The first-order valence-electron chi connectivity index (χ1n) is 7.34. The summed E-state index contributed by atoms with van der Waals surface area (Å²) in [5.74, 6) is 0. The molecule has 1 N–H and O–H groups in total. The number of imidazole rings is 1. The molecule has 0 unspecified atom stereocenters. The van der Waals surface area contributed by atoms with Gasteiger partial charge in [0, 0.05) is 23.5 Å². The van der Waals surface area contributed by atoms with E-state index in [1.54, 1.807) is 0 Å². The first-order valence-corrected chi connectivity index (χ1v) is 7.34. The van der Waals surface area contributed by atoms with Crippen molar-refractivity contribution in [3.8, 4) is 5.69 Å². The minimum absolute atomic E-state index is 0.0767. The zero-order valence-electron chi connectivity index (χ0n) is 12.5. The third kappa shape index (κ3) is 2.50. The van der Waals surface area contributed by atoms with Crippen LogP contribution in [0.3, 0.4) is 0 Å². The molecule has 3 heterocycles. The molecule has 0 saturated carbocycles. The molecule has 0 aromatic carbocycles. The molecule has 0 atom stereocenters. The van der Waals surface area contributed by atoms with Crippen molar-refractivity contribution in [2.24, 2.45) is 0 Å². The summed E-state index contributed by atoms with van der Waals surface area (Å²) in [4.78, 5) is 4.30. The first kappa shape index (κ1) is 13.4. The highest BCUT2D eigenvalue weighted by Gasteiger charge is 2.21. The second-order valence-electron chi connectivity index (χ2n) is 6.56. The second kappa shape index (κ2) is 5.05. The topological polar surface area (TPSA) is 47.7 Å². The molecule has 2 aromatic rings. The van der Waals surface area contributed by atoms with Crippen molar-refractivity contribution in [3.63, 3.8) is 0 Å². The van der Waals surface area contributed by atoms with Gasteiger partial charge in [0.1, 0.15) is 0 Å². The van der Waals surface area contributed by atoms with E-state index in [2.05, 4.69) is 51.6 Å². The molecule has 0 bridgehead atoms. The van der Waals surface area contributed by atoms with Crippen LogP contribution in [-0.4, -0.2) is 32.4 Å². The van der Waals surface area contributed by atoms with Gasteiger partial charge in [0.05, 0.1) is 24.3 Å². The van der Waals surface area contributed by atoms with Crippen molar-refractivity contribution in [2.45, 2.75) is 45.1 Å². The van der Waals surface area contributed by atoms with E-state index in [1.807, 2.05) is 18.7 Å². The summed E-state index contributed by atoms with van der Waals surface area (Å²) in [7, 11) is 0. The Morgan fingerprint density at radius 3 is 2.65 bits per heavy atom. The number of hydrogen-bond donors (Lipinski definition) is 1. The molecule has 0 spiro atoms. The van der Waals surface area contributed by atoms with E-state index in [0.717, 1.165) is 31.6 Å². The fourth-order valence-corrected chi connectivity index (χ4v) is 2.78. The van der Waals surface area contributed by atoms with Gasteiger partial charge < -0.3 is 5.32 Å². The van der Waals surface area contributed by atoms with Crippen molar-refractivity contribution >= 4 is 0 Å². The maximum absolute atomic E-state index is 4.56. The second-order valence-corrected chi connectivity index (χ2v) is 6.56. The van der Waals surface area contributed by atoms with Gasteiger partial charge in [-0.15, -0.1) is 0 Å². The largest absolute Gasteiger partial charge is 0.317 e. The van der Waals surface area contributed by atoms with Crippen molar-refractivity contribution in [2.75, 3.05) is 13.1 Å². The molecular weight excluding hydrogens is 250 g/mol. The highest BCUT2D eigenvalue weighted by atomic mass is 15.3. The maximum atomic E-state index is 4.56. The smallest absolute Gasteiger partial charge is 0.0995 e. The van der Waals surface area contributed by atoms with Gasteiger partial charge in [-0.1, -0.05) is 20.8 Å². The predicted octanol–water partition coefficient (Wildman–Crippen LogP) is 2.29. The van der Waals surface area contributed by atoms with Crippen LogP contribution in [0.5, 0.6) is 0 Å². The number of piperidine rings is 1. The van der Waals surface area contributed by atoms with Gasteiger partial charge >= 0.3 is 0 Å². The highest BCUT2D eigenvalue weighted by Crippen LogP contribution is 2.25. The van der Waals surface area contributed by atoms with Crippen LogP contribution >= 0.6 is 0 Å². The highest BCUT2D eigenvalue weighted by molar-refractivity contribution is 5.31. The third-order valence-corrected chi connectivity index (χ3v) is 3.96. The van der Waals surface area contributed by atoms with Crippen molar-refractivity contribution in [3.05, 3.63) is 30.6 Å². The molecule has 5 nitrogen and oxygen atoms in total. The Morgan fingerprint density at radius 1 is 1.20 bits per heavy atom. The molecule has 0 radical (unpaired) electrons. The number of hydrogen-bond acceptors (Lipinski definition) is 3. The molecule has 0 aliphatic carbocycles. The van der Waals surface area contributed by atoms with E-state index in [1.165, 1.54) is 5.69 Å². The van der Waals surface area contributed by atoms with Crippen molar-refractivity contribution in [1.82, 2.24) is 24.6 Å². The molecule has 1 saturated heterocycles. The monoisotopic (exact) mass is 273 g/mol. The molecule has 1 aliphatic heterocycles. The minimum atomic E-state index is 0.0767. The van der Waals surface area contributed by atoms with E-state index in [9.17, 15) is 0 Å². The summed E-state index contributed by atoms with van der Waals surface area (Å²) in [6.45, 7) is 8.78. The lowest BCUT2D eigenvalue weighted by Gasteiger charge is -2.23.